The Morgan fingerprint density at radius 2 is 1.91 bits per heavy atom. The summed E-state index contributed by atoms with van der Waals surface area (Å²) in [4.78, 5) is 18.6. The van der Waals surface area contributed by atoms with Gasteiger partial charge in [0.2, 0.25) is 0 Å². The molecule has 33 heavy (non-hydrogen) atoms. The number of carbonyl (C=O) groups is 1. The van der Waals surface area contributed by atoms with Gasteiger partial charge in [-0.2, -0.15) is 0 Å². The highest BCUT2D eigenvalue weighted by Crippen LogP contribution is 2.43. The number of esters is 1. The van der Waals surface area contributed by atoms with Crippen LogP contribution in [0, 0.1) is 0 Å². The first-order valence-electron chi connectivity index (χ1n) is 11.3. The molecule has 4 rings (SSSR count). The molecule has 5 heteroatoms. The fourth-order valence-corrected chi connectivity index (χ4v) is 4.59. The van der Waals surface area contributed by atoms with Crippen molar-refractivity contribution in [3.8, 4) is 5.75 Å². The van der Waals surface area contributed by atoms with Crippen molar-refractivity contribution in [2.24, 2.45) is 0 Å². The molecule has 0 bridgehead atoms. The van der Waals surface area contributed by atoms with Crippen LogP contribution in [0.2, 0.25) is 0 Å². The summed E-state index contributed by atoms with van der Waals surface area (Å²) in [6.45, 7) is 7.38. The number of rotatable bonds is 5. The number of nitrogens with zero attached hydrogens (tertiary/aromatic N) is 2. The fraction of sp³-hybridized carbons (Fsp3) is 0.286. The van der Waals surface area contributed by atoms with Gasteiger partial charge in [-0.05, 0) is 77.9 Å². The lowest BCUT2D eigenvalue weighted by molar-refractivity contribution is -0.134. The average Bonchev–Trinajstić information content (AvgIpc) is 2.83. The molecule has 1 aliphatic heterocycles. The van der Waals surface area contributed by atoms with Gasteiger partial charge in [-0.25, -0.2) is 4.79 Å². The van der Waals surface area contributed by atoms with Crippen LogP contribution in [0.15, 0.2) is 66.9 Å². The molecular weight excluding hydrogens is 412 g/mol. The van der Waals surface area contributed by atoms with Gasteiger partial charge in [0.15, 0.2) is 0 Å². The zero-order chi connectivity index (χ0) is 23.6. The molecule has 0 aliphatic carbocycles. The van der Waals surface area contributed by atoms with Crippen LogP contribution in [0.5, 0.6) is 5.75 Å². The van der Waals surface area contributed by atoms with E-state index in [1.54, 1.807) is 18.3 Å². The molecule has 1 N–H and O–H groups in total. The summed E-state index contributed by atoms with van der Waals surface area (Å²) in [5, 5.41) is 10.1. The van der Waals surface area contributed by atoms with Gasteiger partial charge in [-0.1, -0.05) is 38.1 Å². The molecular formula is C28H30N2O3. The van der Waals surface area contributed by atoms with Gasteiger partial charge in [0.05, 0.1) is 12.8 Å². The Morgan fingerprint density at radius 1 is 1.15 bits per heavy atom. The Hall–Kier alpha value is -3.60. The second-order valence-electron chi connectivity index (χ2n) is 8.89. The number of carbonyl (C=O) groups excluding carboxylic acids is 1. The molecule has 5 nitrogen and oxygen atoms in total. The van der Waals surface area contributed by atoms with Crippen LogP contribution in [0.4, 0.5) is 5.69 Å². The van der Waals surface area contributed by atoms with Crippen LogP contribution in [0.3, 0.4) is 0 Å². The predicted molar refractivity (Wildman–Crippen MR) is 131 cm³/mol. The molecule has 1 atom stereocenters. The Labute approximate surface area is 195 Å². The topological polar surface area (TPSA) is 62.7 Å². The lowest BCUT2D eigenvalue weighted by Gasteiger charge is -2.47. The number of fused-ring (bicyclic) bond motifs is 1. The van der Waals surface area contributed by atoms with Gasteiger partial charge in [-0.3, -0.25) is 4.98 Å². The summed E-state index contributed by atoms with van der Waals surface area (Å²) in [6, 6.07) is 18.3. The molecule has 0 radical (unpaired) electrons. The Bertz CT molecular complexity index is 1170. The summed E-state index contributed by atoms with van der Waals surface area (Å²) < 4.78 is 4.67. The van der Waals surface area contributed by atoms with Crippen LogP contribution in [-0.4, -0.2) is 29.7 Å². The highest BCUT2D eigenvalue weighted by atomic mass is 16.5. The van der Waals surface area contributed by atoms with E-state index in [4.69, 9.17) is 4.98 Å². The van der Waals surface area contributed by atoms with E-state index in [2.05, 4.69) is 54.7 Å². The van der Waals surface area contributed by atoms with E-state index in [1.807, 2.05) is 24.3 Å². The minimum atomic E-state index is -0.523. The number of aromatic nitrogens is 1. The number of hydrogen-bond acceptors (Lipinski definition) is 5. The highest BCUT2D eigenvalue weighted by molar-refractivity contribution is 5.86. The number of aromatic hydroxyl groups is 1. The van der Waals surface area contributed by atoms with Gasteiger partial charge in [0.1, 0.15) is 11.3 Å². The van der Waals surface area contributed by atoms with Gasteiger partial charge in [0.25, 0.3) is 0 Å². The SMILES string of the molecule is COC(=O)/C=C/c1ccc(C2(C)c3ccc(O)cc3CCN2c2ccc(C(C)C)cc2)nc1. The van der Waals surface area contributed by atoms with Gasteiger partial charge in [-0.15, -0.1) is 0 Å². The minimum Gasteiger partial charge on any atom is -0.508 e. The molecule has 0 amide bonds. The number of hydrogen-bond donors (Lipinski definition) is 1. The molecule has 1 aliphatic rings. The minimum absolute atomic E-state index is 0.280. The summed E-state index contributed by atoms with van der Waals surface area (Å²) in [5.41, 5.74) is 5.90. The summed E-state index contributed by atoms with van der Waals surface area (Å²) in [6.07, 6.45) is 5.69. The molecule has 0 fully saturated rings. The Morgan fingerprint density at radius 3 is 2.55 bits per heavy atom. The summed E-state index contributed by atoms with van der Waals surface area (Å²) >= 11 is 0. The van der Waals surface area contributed by atoms with Crippen molar-refractivity contribution in [2.75, 3.05) is 18.6 Å². The van der Waals surface area contributed by atoms with E-state index in [1.165, 1.54) is 18.7 Å². The van der Waals surface area contributed by atoms with Crippen molar-refractivity contribution in [1.82, 2.24) is 4.98 Å². The lowest BCUT2D eigenvalue weighted by atomic mass is 9.78. The normalized spacial score (nSPS) is 17.9. The fourth-order valence-electron chi connectivity index (χ4n) is 4.59. The van der Waals surface area contributed by atoms with E-state index in [0.29, 0.717) is 5.92 Å². The molecule has 0 saturated heterocycles. The van der Waals surface area contributed by atoms with Crippen molar-refractivity contribution in [2.45, 2.75) is 38.6 Å². The first kappa shape index (κ1) is 22.6. The van der Waals surface area contributed by atoms with Crippen LogP contribution in [0.1, 0.15) is 54.6 Å². The number of benzene rings is 2. The maximum Gasteiger partial charge on any atom is 0.330 e. The molecule has 3 aromatic rings. The van der Waals surface area contributed by atoms with Crippen molar-refractivity contribution in [3.05, 3.63) is 94.8 Å². The maximum atomic E-state index is 11.4. The number of pyridine rings is 1. The highest BCUT2D eigenvalue weighted by Gasteiger charge is 2.41. The Balaban J connectivity index is 1.79. The van der Waals surface area contributed by atoms with Crippen LogP contribution in [-0.2, 0) is 21.5 Å². The first-order chi connectivity index (χ1) is 15.8. The number of phenolic OH excluding ortho intramolecular Hbond substituents is 1. The summed E-state index contributed by atoms with van der Waals surface area (Å²) in [5.74, 6) is 0.355. The van der Waals surface area contributed by atoms with Crippen LogP contribution >= 0.6 is 0 Å². The van der Waals surface area contributed by atoms with Gasteiger partial charge < -0.3 is 14.7 Å². The zero-order valence-electron chi connectivity index (χ0n) is 19.6. The number of methoxy groups -OCH3 is 1. The Kier molecular flexibility index (Phi) is 6.23. The van der Waals surface area contributed by atoms with Gasteiger partial charge >= 0.3 is 5.97 Å². The number of ether oxygens (including phenoxy) is 1. The van der Waals surface area contributed by atoms with Crippen molar-refractivity contribution in [3.63, 3.8) is 0 Å². The van der Waals surface area contributed by atoms with Crippen molar-refractivity contribution >= 4 is 17.7 Å². The van der Waals surface area contributed by atoms with E-state index >= 15 is 0 Å². The molecule has 170 valence electrons. The maximum absolute atomic E-state index is 11.4. The van der Waals surface area contributed by atoms with E-state index < -0.39 is 11.5 Å². The summed E-state index contributed by atoms with van der Waals surface area (Å²) in [7, 11) is 1.36. The van der Waals surface area contributed by atoms with E-state index in [0.717, 1.165) is 41.0 Å². The number of anilines is 1. The third-order valence-corrected chi connectivity index (χ3v) is 6.53. The molecule has 0 spiro atoms. The zero-order valence-corrected chi connectivity index (χ0v) is 19.6. The molecule has 0 saturated carbocycles. The number of phenols is 1. The second-order valence-corrected chi connectivity index (χ2v) is 8.89. The predicted octanol–water partition coefficient (Wildman–Crippen LogP) is 5.42. The van der Waals surface area contributed by atoms with Crippen LogP contribution < -0.4 is 4.90 Å². The quantitative estimate of drug-likeness (QED) is 0.422. The van der Waals surface area contributed by atoms with Gasteiger partial charge in [0, 0.05) is 24.5 Å². The first-order valence-corrected chi connectivity index (χ1v) is 11.3. The molecule has 1 aromatic heterocycles. The average molecular weight is 443 g/mol. The molecule has 1 unspecified atom stereocenters. The monoisotopic (exact) mass is 442 g/mol. The van der Waals surface area contributed by atoms with E-state index in [9.17, 15) is 9.90 Å². The second kappa shape index (κ2) is 9.10. The third kappa shape index (κ3) is 4.36. The van der Waals surface area contributed by atoms with Crippen molar-refractivity contribution < 1.29 is 14.6 Å². The van der Waals surface area contributed by atoms with E-state index in [-0.39, 0.29) is 5.75 Å². The molecule has 2 heterocycles. The molecule has 2 aromatic carbocycles. The van der Waals surface area contributed by atoms with Crippen molar-refractivity contribution in [1.29, 1.82) is 0 Å². The van der Waals surface area contributed by atoms with Crippen LogP contribution in [0.25, 0.3) is 6.08 Å². The largest absolute Gasteiger partial charge is 0.508 e. The standard InChI is InChI=1S/C28H30N2O3/c1-19(2)21-7-9-23(10-8-21)30-16-15-22-17-24(31)11-12-25(22)28(30,3)26-13-5-20(18-29-26)6-14-27(32)33-4/h5-14,17-19,31H,15-16H2,1-4H3/b14-6+. The smallest absolute Gasteiger partial charge is 0.330 e. The lowest BCUT2D eigenvalue weighted by Crippen LogP contribution is -2.50. The third-order valence-electron chi connectivity index (χ3n) is 6.53.